The van der Waals surface area contributed by atoms with Gasteiger partial charge in [0.25, 0.3) is 5.91 Å². The molecule has 2 fully saturated rings. The number of carbonyl (C=O) groups is 4. The lowest BCUT2D eigenvalue weighted by Gasteiger charge is -2.33. The minimum atomic E-state index is -1.04. The number of imidazole rings is 2. The molecule has 5 aromatic rings. The van der Waals surface area contributed by atoms with Crippen molar-refractivity contribution in [1.82, 2.24) is 40.8 Å². The number of H-pyrrole nitrogens is 2. The molecule has 2 aromatic heterocycles. The fraction of sp³-hybridized carbons (Fsp3) is 0.349. The van der Waals surface area contributed by atoms with E-state index in [-0.39, 0.29) is 29.1 Å². The summed E-state index contributed by atoms with van der Waals surface area (Å²) in [6.45, 7) is 3.00. The molecule has 7 rings (SSSR count). The van der Waals surface area contributed by atoms with Crippen LogP contribution in [0.25, 0.3) is 11.3 Å². The Kier molecular flexibility index (Phi) is 12.7. The number of nitrogens with one attached hydrogen (secondary N) is 5. The average Bonchev–Trinajstić information content (AvgIpc) is 4.07. The predicted molar refractivity (Wildman–Crippen MR) is 216 cm³/mol. The molecular weight excluding hydrogens is 777 g/mol. The zero-order chi connectivity index (χ0) is 42.3. The van der Waals surface area contributed by atoms with E-state index in [0.29, 0.717) is 67.4 Å². The van der Waals surface area contributed by atoms with Crippen LogP contribution in [0.4, 0.5) is 24.1 Å². The van der Waals surface area contributed by atoms with Crippen LogP contribution in [0.5, 0.6) is 0 Å². The number of piperidine rings is 1. The molecule has 0 aliphatic carbocycles. The van der Waals surface area contributed by atoms with Gasteiger partial charge in [-0.2, -0.15) is 0 Å². The second-order valence-electron chi connectivity index (χ2n) is 14.8. The number of ether oxygens (including phenoxy) is 2. The molecule has 0 radical (unpaired) electrons. The van der Waals surface area contributed by atoms with Crippen molar-refractivity contribution in [1.29, 1.82) is 0 Å². The van der Waals surface area contributed by atoms with Gasteiger partial charge in [0.15, 0.2) is 0 Å². The SMILES string of the molecule is COC(=O)NC(C(=O)NC(C)c1ncc(-c2cc(F)c(N3CCC(c4cnc(C5CCCN5C(=O)C(NC(=O)OC)c5ccccc5)[nH]4)CC3)c(F)c2)[nH]1)c1ccccc1. The van der Waals surface area contributed by atoms with Crippen molar-refractivity contribution >= 4 is 29.7 Å². The van der Waals surface area contributed by atoms with Crippen LogP contribution < -0.4 is 20.9 Å². The summed E-state index contributed by atoms with van der Waals surface area (Å²) in [4.78, 5) is 70.3. The van der Waals surface area contributed by atoms with E-state index in [9.17, 15) is 19.2 Å². The van der Waals surface area contributed by atoms with Gasteiger partial charge in [-0.15, -0.1) is 0 Å². The monoisotopic (exact) mass is 823 g/mol. The van der Waals surface area contributed by atoms with Crippen LogP contribution in [0.3, 0.4) is 0 Å². The number of hydrogen-bond donors (Lipinski definition) is 5. The Morgan fingerprint density at radius 3 is 1.98 bits per heavy atom. The van der Waals surface area contributed by atoms with Gasteiger partial charge >= 0.3 is 12.2 Å². The first-order chi connectivity index (χ1) is 29.0. The summed E-state index contributed by atoms with van der Waals surface area (Å²) in [7, 11) is 2.46. The number of rotatable bonds is 12. The highest BCUT2D eigenvalue weighted by Gasteiger charge is 2.38. The van der Waals surface area contributed by atoms with Crippen molar-refractivity contribution in [2.75, 3.05) is 38.8 Å². The first-order valence-electron chi connectivity index (χ1n) is 19.8. The molecule has 4 atom stereocenters. The highest BCUT2D eigenvalue weighted by Crippen LogP contribution is 2.37. The lowest BCUT2D eigenvalue weighted by molar-refractivity contribution is -0.134. The van der Waals surface area contributed by atoms with Crippen molar-refractivity contribution in [2.24, 2.45) is 0 Å². The third-order valence-corrected chi connectivity index (χ3v) is 11.1. The van der Waals surface area contributed by atoms with Gasteiger partial charge < -0.3 is 45.2 Å². The fourth-order valence-electron chi connectivity index (χ4n) is 7.95. The number of anilines is 1. The van der Waals surface area contributed by atoms with Crippen LogP contribution in [-0.4, -0.2) is 82.7 Å². The molecule has 3 aromatic carbocycles. The second-order valence-corrected chi connectivity index (χ2v) is 14.8. The molecule has 4 amide bonds. The van der Waals surface area contributed by atoms with Gasteiger partial charge in [0, 0.05) is 43.0 Å². The molecule has 60 heavy (non-hydrogen) atoms. The van der Waals surface area contributed by atoms with E-state index < -0.39 is 47.9 Å². The van der Waals surface area contributed by atoms with Crippen molar-refractivity contribution in [3.63, 3.8) is 0 Å². The molecule has 5 N–H and O–H groups in total. The summed E-state index contributed by atoms with van der Waals surface area (Å²) in [5, 5.41) is 8.04. The number of aromatic nitrogens is 4. The topological polar surface area (TPSA) is 187 Å². The number of carbonyl (C=O) groups excluding carboxylic acids is 4. The van der Waals surface area contributed by atoms with Crippen LogP contribution in [-0.2, 0) is 19.1 Å². The van der Waals surface area contributed by atoms with E-state index in [1.165, 1.54) is 32.5 Å². The van der Waals surface area contributed by atoms with Gasteiger partial charge in [0.2, 0.25) is 5.91 Å². The molecule has 2 saturated heterocycles. The quantitative estimate of drug-likeness (QED) is 0.0937. The smallest absolute Gasteiger partial charge is 0.407 e. The van der Waals surface area contributed by atoms with Gasteiger partial charge in [-0.3, -0.25) is 9.59 Å². The molecule has 4 heterocycles. The van der Waals surface area contributed by atoms with Crippen molar-refractivity contribution in [3.8, 4) is 11.3 Å². The van der Waals surface area contributed by atoms with Crippen LogP contribution in [0, 0.1) is 11.6 Å². The third-order valence-electron chi connectivity index (χ3n) is 11.1. The standard InChI is InChI=1S/C43H47F2N9O6/c1-25(48-40(55)35(51-42(57)59-2)27-11-6-4-7-12-27)38-46-24-33(49-38)29-21-30(44)37(31(45)22-29)53-19-16-26(17-20-53)32-23-47-39(50-32)34-15-10-18-54(34)41(56)36(52-43(58)60-3)28-13-8-5-9-14-28/h4-9,11-14,21-26,34-36H,10,15-20H2,1-3H3,(H,46,49)(H,47,50)(H,48,55)(H,51,57)(H,52,58). The van der Waals surface area contributed by atoms with E-state index >= 15 is 8.78 Å². The van der Waals surface area contributed by atoms with Crippen LogP contribution in [0.1, 0.15) is 91.2 Å². The molecule has 17 heteroatoms. The average molecular weight is 824 g/mol. The molecule has 0 bridgehead atoms. The number of amides is 4. The Bertz CT molecular complexity index is 2270. The molecule has 0 spiro atoms. The zero-order valence-electron chi connectivity index (χ0n) is 33.4. The molecule has 2 aliphatic heterocycles. The second kappa shape index (κ2) is 18.4. The first-order valence-corrected chi connectivity index (χ1v) is 19.8. The fourth-order valence-corrected chi connectivity index (χ4v) is 7.95. The number of aromatic amines is 2. The Hall–Kier alpha value is -6.78. The minimum absolute atomic E-state index is 0.0571. The Labute approximate surface area is 345 Å². The summed E-state index contributed by atoms with van der Waals surface area (Å²) in [5.41, 5.74) is 2.57. The summed E-state index contributed by atoms with van der Waals surface area (Å²) >= 11 is 0. The van der Waals surface area contributed by atoms with Crippen LogP contribution in [0.15, 0.2) is 85.2 Å². The lowest BCUT2D eigenvalue weighted by Crippen LogP contribution is -2.42. The van der Waals surface area contributed by atoms with Crippen molar-refractivity contribution < 1.29 is 37.4 Å². The third kappa shape index (κ3) is 9.09. The molecule has 314 valence electrons. The van der Waals surface area contributed by atoms with E-state index in [4.69, 9.17) is 9.47 Å². The maximum Gasteiger partial charge on any atom is 0.407 e. The van der Waals surface area contributed by atoms with E-state index in [1.54, 1.807) is 77.5 Å². The van der Waals surface area contributed by atoms with Gasteiger partial charge in [-0.1, -0.05) is 60.7 Å². The number of methoxy groups -OCH3 is 2. The largest absolute Gasteiger partial charge is 0.453 e. The lowest BCUT2D eigenvalue weighted by atomic mass is 9.93. The highest BCUT2D eigenvalue weighted by atomic mass is 19.1. The normalized spacial score (nSPS) is 17.1. The number of alkyl carbamates (subject to hydrolysis) is 2. The predicted octanol–water partition coefficient (Wildman–Crippen LogP) is 6.50. The molecule has 2 aliphatic rings. The van der Waals surface area contributed by atoms with Gasteiger partial charge in [-0.25, -0.2) is 28.3 Å². The number of hydrogen-bond acceptors (Lipinski definition) is 9. The molecule has 4 unspecified atom stereocenters. The Morgan fingerprint density at radius 1 is 0.767 bits per heavy atom. The Morgan fingerprint density at radius 2 is 1.37 bits per heavy atom. The maximum atomic E-state index is 15.8. The minimum Gasteiger partial charge on any atom is -0.453 e. The van der Waals surface area contributed by atoms with E-state index in [1.807, 2.05) is 6.07 Å². The first kappa shape index (κ1) is 41.4. The van der Waals surface area contributed by atoms with E-state index in [2.05, 4.69) is 35.9 Å². The zero-order valence-corrected chi connectivity index (χ0v) is 33.4. The highest BCUT2D eigenvalue weighted by molar-refractivity contribution is 5.88. The van der Waals surface area contributed by atoms with Crippen LogP contribution in [0.2, 0.25) is 0 Å². The molecule has 0 saturated carbocycles. The van der Waals surface area contributed by atoms with Crippen LogP contribution >= 0.6 is 0 Å². The van der Waals surface area contributed by atoms with Gasteiger partial charge in [0.1, 0.15) is 41.1 Å². The maximum absolute atomic E-state index is 15.8. The Balaban J connectivity index is 0.975. The summed E-state index contributed by atoms with van der Waals surface area (Å²) in [6, 6.07) is 17.3. The summed E-state index contributed by atoms with van der Waals surface area (Å²) in [6.07, 6.45) is 4.44. The van der Waals surface area contributed by atoms with Gasteiger partial charge in [0.05, 0.1) is 38.2 Å². The van der Waals surface area contributed by atoms with Crippen molar-refractivity contribution in [2.45, 2.75) is 62.7 Å². The molecule has 15 nitrogen and oxygen atoms in total. The molecular formula is C43H47F2N9O6. The summed E-state index contributed by atoms with van der Waals surface area (Å²) < 4.78 is 41.0. The number of halogens is 2. The number of nitrogens with zero attached hydrogens (tertiary/aromatic N) is 4. The summed E-state index contributed by atoms with van der Waals surface area (Å²) in [5.74, 6) is -1.15. The van der Waals surface area contributed by atoms with E-state index in [0.717, 1.165) is 12.1 Å². The van der Waals surface area contributed by atoms with Crippen molar-refractivity contribution in [3.05, 3.63) is 125 Å². The van der Waals surface area contributed by atoms with Gasteiger partial charge in [-0.05, 0) is 55.9 Å². The number of benzene rings is 3. The number of likely N-dealkylation sites (tertiary alicyclic amines) is 1.